The molecule has 1 aromatic heterocycles. The summed E-state index contributed by atoms with van der Waals surface area (Å²) < 4.78 is 0. The second-order valence-electron chi connectivity index (χ2n) is 5.54. The van der Waals surface area contributed by atoms with Gasteiger partial charge in [-0.25, -0.2) is 4.98 Å². The summed E-state index contributed by atoms with van der Waals surface area (Å²) in [6.45, 7) is 2.14. The number of aryl methyl sites for hydroxylation is 2. The average molecular weight is 309 g/mol. The maximum absolute atomic E-state index is 12.2. The van der Waals surface area contributed by atoms with Crippen LogP contribution in [0.5, 0.6) is 0 Å². The number of rotatable bonds is 5. The van der Waals surface area contributed by atoms with Crippen molar-refractivity contribution in [3.63, 3.8) is 0 Å². The number of aliphatic hydroxyl groups excluding tert-OH is 1. The molecule has 23 heavy (non-hydrogen) atoms. The van der Waals surface area contributed by atoms with E-state index < -0.39 is 0 Å². The molecule has 0 aliphatic rings. The summed E-state index contributed by atoms with van der Waals surface area (Å²) in [5, 5.41) is 12.2. The van der Waals surface area contributed by atoms with E-state index in [0.29, 0.717) is 11.9 Å². The van der Waals surface area contributed by atoms with E-state index in [1.54, 1.807) is 0 Å². The van der Waals surface area contributed by atoms with Gasteiger partial charge in [0.15, 0.2) is 5.82 Å². The Kier molecular flexibility index (Phi) is 4.39. The quantitative estimate of drug-likeness (QED) is 0.677. The minimum absolute atomic E-state index is 0.141. The van der Waals surface area contributed by atoms with Crippen LogP contribution in [-0.2, 0) is 6.42 Å². The fourth-order valence-corrected chi connectivity index (χ4v) is 2.54. The SMILES string of the molecule is Cc1ccc(CCCO)c(Nc2nc3ccccc3[nH]c2=O)c1. The molecule has 0 spiro atoms. The Morgan fingerprint density at radius 2 is 2.04 bits per heavy atom. The van der Waals surface area contributed by atoms with Gasteiger partial charge in [0.2, 0.25) is 0 Å². The van der Waals surface area contributed by atoms with E-state index in [4.69, 9.17) is 5.11 Å². The minimum Gasteiger partial charge on any atom is -0.396 e. The number of aromatic amines is 1. The summed E-state index contributed by atoms with van der Waals surface area (Å²) in [5.41, 5.74) is 4.20. The van der Waals surface area contributed by atoms with Crippen LogP contribution in [0.15, 0.2) is 47.3 Å². The minimum atomic E-state index is -0.252. The molecule has 0 bridgehead atoms. The molecule has 5 nitrogen and oxygen atoms in total. The van der Waals surface area contributed by atoms with Crippen LogP contribution in [0.4, 0.5) is 11.5 Å². The monoisotopic (exact) mass is 309 g/mol. The normalized spacial score (nSPS) is 10.9. The number of aromatic nitrogens is 2. The molecule has 0 radical (unpaired) electrons. The number of benzene rings is 2. The average Bonchev–Trinajstić information content (AvgIpc) is 2.55. The maximum Gasteiger partial charge on any atom is 0.291 e. The van der Waals surface area contributed by atoms with Crippen LogP contribution >= 0.6 is 0 Å². The molecule has 0 atom stereocenters. The van der Waals surface area contributed by atoms with E-state index in [2.05, 4.69) is 15.3 Å². The van der Waals surface area contributed by atoms with Crippen LogP contribution in [0, 0.1) is 6.92 Å². The van der Waals surface area contributed by atoms with E-state index in [1.807, 2.05) is 49.4 Å². The molecule has 3 aromatic rings. The number of hydrogen-bond acceptors (Lipinski definition) is 4. The fourth-order valence-electron chi connectivity index (χ4n) is 2.54. The second-order valence-corrected chi connectivity index (χ2v) is 5.54. The number of aliphatic hydroxyl groups is 1. The van der Waals surface area contributed by atoms with Gasteiger partial charge < -0.3 is 15.4 Å². The Hall–Kier alpha value is -2.66. The predicted octanol–water partition coefficient (Wildman–Crippen LogP) is 2.90. The third-order valence-corrected chi connectivity index (χ3v) is 3.72. The van der Waals surface area contributed by atoms with Crippen LogP contribution in [0.25, 0.3) is 11.0 Å². The molecule has 0 saturated heterocycles. The van der Waals surface area contributed by atoms with Crippen molar-refractivity contribution in [2.24, 2.45) is 0 Å². The molecular formula is C18H19N3O2. The maximum atomic E-state index is 12.2. The van der Waals surface area contributed by atoms with Gasteiger partial charge in [0.1, 0.15) is 0 Å². The van der Waals surface area contributed by atoms with Crippen molar-refractivity contribution < 1.29 is 5.11 Å². The largest absolute Gasteiger partial charge is 0.396 e. The van der Waals surface area contributed by atoms with Crippen molar-refractivity contribution in [1.82, 2.24) is 9.97 Å². The van der Waals surface area contributed by atoms with Crippen LogP contribution in [0.1, 0.15) is 17.5 Å². The number of H-pyrrole nitrogens is 1. The standard InChI is InChI=1S/C18H19N3O2/c1-12-8-9-13(5-4-10-22)16(11-12)20-17-18(23)21-15-7-3-2-6-14(15)19-17/h2-3,6-9,11,22H,4-5,10H2,1H3,(H,19,20)(H,21,23). The van der Waals surface area contributed by atoms with E-state index >= 15 is 0 Å². The van der Waals surface area contributed by atoms with Crippen molar-refractivity contribution >= 4 is 22.5 Å². The molecule has 0 unspecified atom stereocenters. The first kappa shape index (κ1) is 15.2. The van der Waals surface area contributed by atoms with Crippen molar-refractivity contribution in [2.75, 3.05) is 11.9 Å². The summed E-state index contributed by atoms with van der Waals surface area (Å²) in [5.74, 6) is 0.277. The highest BCUT2D eigenvalue weighted by molar-refractivity contribution is 5.76. The summed E-state index contributed by atoms with van der Waals surface area (Å²) >= 11 is 0. The van der Waals surface area contributed by atoms with Crippen molar-refractivity contribution in [3.8, 4) is 0 Å². The first-order valence-corrected chi connectivity index (χ1v) is 7.64. The van der Waals surface area contributed by atoms with Crippen molar-refractivity contribution in [2.45, 2.75) is 19.8 Å². The van der Waals surface area contributed by atoms with Crippen molar-refractivity contribution in [1.29, 1.82) is 0 Å². The van der Waals surface area contributed by atoms with Crippen LogP contribution in [-0.4, -0.2) is 21.7 Å². The molecule has 0 aliphatic carbocycles. The van der Waals surface area contributed by atoms with Crippen LogP contribution < -0.4 is 10.9 Å². The molecule has 1 heterocycles. The van der Waals surface area contributed by atoms with E-state index in [9.17, 15) is 4.79 Å². The lowest BCUT2D eigenvalue weighted by Crippen LogP contribution is -2.14. The van der Waals surface area contributed by atoms with Gasteiger partial charge in [-0.05, 0) is 49.1 Å². The zero-order chi connectivity index (χ0) is 16.2. The van der Waals surface area contributed by atoms with E-state index in [1.165, 1.54) is 0 Å². The summed E-state index contributed by atoms with van der Waals surface area (Å²) in [4.78, 5) is 19.5. The molecule has 0 amide bonds. The predicted molar refractivity (Wildman–Crippen MR) is 92.2 cm³/mol. The molecule has 0 fully saturated rings. The first-order valence-electron chi connectivity index (χ1n) is 7.64. The van der Waals surface area contributed by atoms with Gasteiger partial charge in [0.05, 0.1) is 11.0 Å². The highest BCUT2D eigenvalue weighted by atomic mass is 16.2. The number of para-hydroxylation sites is 2. The Labute approximate surface area is 134 Å². The smallest absolute Gasteiger partial charge is 0.291 e. The van der Waals surface area contributed by atoms with Crippen molar-refractivity contribution in [3.05, 3.63) is 63.9 Å². The van der Waals surface area contributed by atoms with Gasteiger partial charge >= 0.3 is 0 Å². The Morgan fingerprint density at radius 1 is 1.22 bits per heavy atom. The molecule has 0 aliphatic heterocycles. The van der Waals surface area contributed by atoms with Gasteiger partial charge in [-0.1, -0.05) is 24.3 Å². The molecule has 2 aromatic carbocycles. The Bertz CT molecular complexity index is 887. The van der Waals surface area contributed by atoms with Gasteiger partial charge in [0.25, 0.3) is 5.56 Å². The third-order valence-electron chi connectivity index (χ3n) is 3.72. The van der Waals surface area contributed by atoms with E-state index in [-0.39, 0.29) is 18.0 Å². The molecular weight excluding hydrogens is 290 g/mol. The summed E-state index contributed by atoms with van der Waals surface area (Å²) in [6, 6.07) is 13.5. The highest BCUT2D eigenvalue weighted by Crippen LogP contribution is 2.22. The number of fused-ring (bicyclic) bond motifs is 1. The topological polar surface area (TPSA) is 78.0 Å². The molecule has 3 rings (SSSR count). The van der Waals surface area contributed by atoms with Gasteiger partial charge in [-0.15, -0.1) is 0 Å². The lowest BCUT2D eigenvalue weighted by molar-refractivity contribution is 0.288. The van der Waals surface area contributed by atoms with Crippen LogP contribution in [0.3, 0.4) is 0 Å². The highest BCUT2D eigenvalue weighted by Gasteiger charge is 2.08. The zero-order valence-corrected chi connectivity index (χ0v) is 13.0. The van der Waals surface area contributed by atoms with Gasteiger partial charge in [-0.2, -0.15) is 0 Å². The molecule has 3 N–H and O–H groups in total. The molecule has 118 valence electrons. The van der Waals surface area contributed by atoms with Gasteiger partial charge in [0, 0.05) is 12.3 Å². The number of hydrogen-bond donors (Lipinski definition) is 3. The Morgan fingerprint density at radius 3 is 2.87 bits per heavy atom. The van der Waals surface area contributed by atoms with E-state index in [0.717, 1.165) is 28.8 Å². The number of nitrogens with one attached hydrogen (secondary N) is 2. The lowest BCUT2D eigenvalue weighted by atomic mass is 10.1. The third kappa shape index (κ3) is 3.40. The summed E-state index contributed by atoms with van der Waals surface area (Å²) in [7, 11) is 0. The van der Waals surface area contributed by atoms with Gasteiger partial charge in [-0.3, -0.25) is 4.79 Å². The first-order chi connectivity index (χ1) is 11.2. The van der Waals surface area contributed by atoms with Crippen LogP contribution in [0.2, 0.25) is 0 Å². The number of nitrogens with zero attached hydrogens (tertiary/aromatic N) is 1. The lowest BCUT2D eigenvalue weighted by Gasteiger charge is -2.12. The molecule has 5 heteroatoms. The molecule has 0 saturated carbocycles. The number of anilines is 2. The second kappa shape index (κ2) is 6.62. The zero-order valence-electron chi connectivity index (χ0n) is 13.0. The fraction of sp³-hybridized carbons (Fsp3) is 0.222. The summed E-state index contributed by atoms with van der Waals surface area (Å²) in [6.07, 6.45) is 1.42. The Balaban J connectivity index is 2.00.